The zero-order valence-electron chi connectivity index (χ0n) is 13.1. The summed E-state index contributed by atoms with van der Waals surface area (Å²) in [5.74, 6) is 1.14. The second-order valence-corrected chi connectivity index (χ2v) is 5.58. The molecule has 1 aliphatic heterocycles. The van der Waals surface area contributed by atoms with Gasteiger partial charge in [-0.15, -0.1) is 0 Å². The van der Waals surface area contributed by atoms with Crippen molar-refractivity contribution in [3.63, 3.8) is 0 Å². The summed E-state index contributed by atoms with van der Waals surface area (Å²) >= 11 is 0. The second kappa shape index (κ2) is 8.03. The first kappa shape index (κ1) is 15.8. The van der Waals surface area contributed by atoms with Crippen LogP contribution in [-0.2, 0) is 11.2 Å². The highest BCUT2D eigenvalue weighted by molar-refractivity contribution is 5.76. The first-order chi connectivity index (χ1) is 10.2. The predicted octanol–water partition coefficient (Wildman–Crippen LogP) is 2.23. The van der Waals surface area contributed by atoms with Crippen LogP contribution >= 0.6 is 0 Å². The quantitative estimate of drug-likeness (QED) is 0.837. The highest BCUT2D eigenvalue weighted by Gasteiger charge is 2.25. The first-order valence-corrected chi connectivity index (χ1v) is 7.87. The summed E-state index contributed by atoms with van der Waals surface area (Å²) in [6.45, 7) is 4.96. The number of carbonyl (C=O) groups is 1. The fourth-order valence-corrected chi connectivity index (χ4v) is 2.84. The lowest BCUT2D eigenvalue weighted by atomic mass is 10.1. The molecule has 1 saturated heterocycles. The van der Waals surface area contributed by atoms with E-state index in [-0.39, 0.29) is 5.91 Å². The monoisotopic (exact) mass is 290 g/mol. The van der Waals surface area contributed by atoms with Crippen LogP contribution in [0.3, 0.4) is 0 Å². The first-order valence-electron chi connectivity index (χ1n) is 7.87. The largest absolute Gasteiger partial charge is 0.497 e. The normalized spacial score (nSPS) is 17.7. The molecule has 1 fully saturated rings. The minimum atomic E-state index is 0.279. The highest BCUT2D eigenvalue weighted by Crippen LogP contribution is 2.15. The van der Waals surface area contributed by atoms with Crippen LogP contribution in [0.2, 0.25) is 0 Å². The molecule has 2 rings (SSSR count). The van der Waals surface area contributed by atoms with E-state index in [0.29, 0.717) is 12.5 Å². The average Bonchev–Trinajstić information content (AvgIpc) is 3.04. The molecule has 1 amide bonds. The van der Waals surface area contributed by atoms with E-state index >= 15 is 0 Å². The molecule has 1 heterocycles. The van der Waals surface area contributed by atoms with Gasteiger partial charge in [-0.05, 0) is 43.5 Å². The van der Waals surface area contributed by atoms with Crippen molar-refractivity contribution in [1.82, 2.24) is 10.2 Å². The minimum absolute atomic E-state index is 0.279. The van der Waals surface area contributed by atoms with Crippen LogP contribution in [0.15, 0.2) is 24.3 Å². The summed E-state index contributed by atoms with van der Waals surface area (Å²) in [4.78, 5) is 14.6. The van der Waals surface area contributed by atoms with Crippen LogP contribution in [0.25, 0.3) is 0 Å². The number of ether oxygens (including phenoxy) is 1. The predicted molar refractivity (Wildman–Crippen MR) is 84.6 cm³/mol. The maximum absolute atomic E-state index is 12.5. The van der Waals surface area contributed by atoms with Crippen LogP contribution in [0.1, 0.15) is 31.7 Å². The Morgan fingerprint density at radius 3 is 2.71 bits per heavy atom. The number of nitrogens with zero attached hydrogens (tertiary/aromatic N) is 1. The highest BCUT2D eigenvalue weighted by atomic mass is 16.5. The lowest BCUT2D eigenvalue weighted by Crippen LogP contribution is -2.42. The number of rotatable bonds is 7. The number of aryl methyl sites for hydroxylation is 1. The van der Waals surface area contributed by atoms with Crippen molar-refractivity contribution >= 4 is 5.91 Å². The Morgan fingerprint density at radius 1 is 1.38 bits per heavy atom. The van der Waals surface area contributed by atoms with Crippen molar-refractivity contribution in [2.45, 2.75) is 38.6 Å². The van der Waals surface area contributed by atoms with Gasteiger partial charge in [0.15, 0.2) is 0 Å². The Kier molecular flexibility index (Phi) is 6.05. The van der Waals surface area contributed by atoms with Gasteiger partial charge in [-0.25, -0.2) is 0 Å². The molecule has 0 radical (unpaired) electrons. The van der Waals surface area contributed by atoms with Gasteiger partial charge in [0, 0.05) is 25.6 Å². The van der Waals surface area contributed by atoms with E-state index in [0.717, 1.165) is 44.6 Å². The molecule has 0 aromatic heterocycles. The van der Waals surface area contributed by atoms with Gasteiger partial charge >= 0.3 is 0 Å². The van der Waals surface area contributed by atoms with Gasteiger partial charge in [0.25, 0.3) is 0 Å². The molecule has 0 bridgehead atoms. The summed E-state index contributed by atoms with van der Waals surface area (Å²) in [6.07, 6.45) is 3.48. The second-order valence-electron chi connectivity index (χ2n) is 5.58. The molecule has 4 heteroatoms. The van der Waals surface area contributed by atoms with Crippen LogP contribution < -0.4 is 10.1 Å². The molecule has 1 aromatic rings. The Labute approximate surface area is 127 Å². The van der Waals surface area contributed by atoms with E-state index in [9.17, 15) is 4.79 Å². The van der Waals surface area contributed by atoms with Crippen LogP contribution in [0.4, 0.5) is 0 Å². The van der Waals surface area contributed by atoms with Crippen LogP contribution in [-0.4, -0.2) is 43.6 Å². The fourth-order valence-electron chi connectivity index (χ4n) is 2.84. The third kappa shape index (κ3) is 4.46. The Balaban J connectivity index is 1.88. The van der Waals surface area contributed by atoms with E-state index in [4.69, 9.17) is 4.74 Å². The topological polar surface area (TPSA) is 41.6 Å². The summed E-state index contributed by atoms with van der Waals surface area (Å²) in [5, 5.41) is 3.34. The van der Waals surface area contributed by atoms with Crippen molar-refractivity contribution in [2.24, 2.45) is 0 Å². The van der Waals surface area contributed by atoms with Gasteiger partial charge in [-0.1, -0.05) is 19.1 Å². The van der Waals surface area contributed by atoms with E-state index in [1.807, 2.05) is 24.3 Å². The number of carbonyl (C=O) groups excluding carboxylic acids is 1. The number of hydrogen-bond donors (Lipinski definition) is 1. The van der Waals surface area contributed by atoms with Crippen molar-refractivity contribution in [3.8, 4) is 5.75 Å². The maximum atomic E-state index is 12.5. The lowest BCUT2D eigenvalue weighted by Gasteiger charge is -2.28. The molecule has 1 unspecified atom stereocenters. The van der Waals surface area contributed by atoms with Gasteiger partial charge < -0.3 is 15.0 Å². The summed E-state index contributed by atoms with van der Waals surface area (Å²) in [6, 6.07) is 8.35. The molecule has 21 heavy (non-hydrogen) atoms. The fraction of sp³-hybridized carbons (Fsp3) is 0.588. The van der Waals surface area contributed by atoms with Gasteiger partial charge in [-0.3, -0.25) is 4.79 Å². The summed E-state index contributed by atoms with van der Waals surface area (Å²) < 4.78 is 5.15. The van der Waals surface area contributed by atoms with Gasteiger partial charge in [-0.2, -0.15) is 0 Å². The van der Waals surface area contributed by atoms with Gasteiger partial charge in [0.1, 0.15) is 5.75 Å². The zero-order valence-corrected chi connectivity index (χ0v) is 13.1. The van der Waals surface area contributed by atoms with E-state index < -0.39 is 0 Å². The average molecular weight is 290 g/mol. The molecule has 1 aromatic carbocycles. The molecule has 116 valence electrons. The van der Waals surface area contributed by atoms with Crippen molar-refractivity contribution in [1.29, 1.82) is 0 Å². The standard InChI is InChI=1S/C17H26N2O2/c1-3-12-19(15-10-11-18-13-15)17(20)9-6-14-4-7-16(21-2)8-5-14/h4-5,7-8,15,18H,3,6,9-13H2,1-2H3. The van der Waals surface area contributed by atoms with Crippen molar-refractivity contribution in [3.05, 3.63) is 29.8 Å². The smallest absolute Gasteiger partial charge is 0.223 e. The molecule has 0 aliphatic carbocycles. The Morgan fingerprint density at radius 2 is 2.14 bits per heavy atom. The SMILES string of the molecule is CCCN(C(=O)CCc1ccc(OC)cc1)C1CCNC1. The Bertz CT molecular complexity index is 439. The molecule has 0 saturated carbocycles. The number of methoxy groups -OCH3 is 1. The van der Waals surface area contributed by atoms with E-state index in [1.165, 1.54) is 5.56 Å². The molecule has 1 atom stereocenters. The van der Waals surface area contributed by atoms with Crippen molar-refractivity contribution < 1.29 is 9.53 Å². The van der Waals surface area contributed by atoms with Gasteiger partial charge in [0.2, 0.25) is 5.91 Å². The summed E-state index contributed by atoms with van der Waals surface area (Å²) in [5.41, 5.74) is 1.19. The summed E-state index contributed by atoms with van der Waals surface area (Å²) in [7, 11) is 1.66. The zero-order chi connectivity index (χ0) is 15.1. The Hall–Kier alpha value is -1.55. The van der Waals surface area contributed by atoms with E-state index in [1.54, 1.807) is 7.11 Å². The maximum Gasteiger partial charge on any atom is 0.223 e. The number of hydrogen-bond acceptors (Lipinski definition) is 3. The number of amides is 1. The van der Waals surface area contributed by atoms with Crippen LogP contribution in [0, 0.1) is 0 Å². The third-order valence-electron chi connectivity index (χ3n) is 4.05. The number of benzene rings is 1. The van der Waals surface area contributed by atoms with Crippen LogP contribution in [0.5, 0.6) is 5.75 Å². The third-order valence-corrected chi connectivity index (χ3v) is 4.05. The number of nitrogens with one attached hydrogen (secondary N) is 1. The molecular weight excluding hydrogens is 264 g/mol. The molecule has 0 spiro atoms. The van der Waals surface area contributed by atoms with Gasteiger partial charge in [0.05, 0.1) is 7.11 Å². The van der Waals surface area contributed by atoms with Crippen molar-refractivity contribution in [2.75, 3.05) is 26.7 Å². The lowest BCUT2D eigenvalue weighted by molar-refractivity contribution is -0.133. The molecule has 1 aliphatic rings. The molecule has 4 nitrogen and oxygen atoms in total. The van der Waals surface area contributed by atoms with E-state index in [2.05, 4.69) is 17.1 Å². The minimum Gasteiger partial charge on any atom is -0.497 e. The molecule has 1 N–H and O–H groups in total. The molecular formula is C17H26N2O2.